The van der Waals surface area contributed by atoms with E-state index in [1.165, 1.54) is 109 Å². The highest BCUT2D eigenvalue weighted by atomic mass is 35.5. The van der Waals surface area contributed by atoms with E-state index in [1.807, 2.05) is 0 Å². The zero-order valence-corrected chi connectivity index (χ0v) is 23.4. The first kappa shape index (κ1) is 34.3. The Labute approximate surface area is 208 Å². The van der Waals surface area contributed by atoms with Crippen LogP contribution in [0.2, 0.25) is 0 Å². The van der Waals surface area contributed by atoms with Crippen molar-refractivity contribution < 1.29 is 31.1 Å². The number of methoxy groups -OCH3 is 3. The summed E-state index contributed by atoms with van der Waals surface area (Å²) >= 11 is 0. The third kappa shape index (κ3) is 19.6. The Morgan fingerprint density at radius 2 is 0.812 bits per heavy atom. The van der Waals surface area contributed by atoms with Gasteiger partial charge in [-0.05, 0) is 12.8 Å². The van der Waals surface area contributed by atoms with Crippen LogP contribution in [0.15, 0.2) is 0 Å². The van der Waals surface area contributed by atoms with Crippen molar-refractivity contribution in [2.24, 2.45) is 0 Å². The maximum Gasteiger partial charge on any atom is 0.282 e. The zero-order valence-electron chi connectivity index (χ0n) is 22.7. The van der Waals surface area contributed by atoms with Gasteiger partial charge in [-0.15, -0.1) is 0 Å². The lowest BCUT2D eigenvalue weighted by Gasteiger charge is -2.33. The smallest absolute Gasteiger partial charge is 0.282 e. The fourth-order valence-corrected chi connectivity index (χ4v) is 4.48. The Morgan fingerprint density at radius 3 is 1.16 bits per heavy atom. The summed E-state index contributed by atoms with van der Waals surface area (Å²) in [4.78, 5) is 0. The summed E-state index contributed by atoms with van der Waals surface area (Å²) in [5.74, 6) is -0.881. The van der Waals surface area contributed by atoms with Gasteiger partial charge in [-0.1, -0.05) is 96.8 Å². The highest BCUT2D eigenvalue weighted by molar-refractivity contribution is 4.56. The lowest BCUT2D eigenvalue weighted by atomic mass is 10.0. The quantitative estimate of drug-likeness (QED) is 0.114. The molecule has 0 atom stereocenters. The molecule has 0 unspecified atom stereocenters. The van der Waals surface area contributed by atoms with E-state index >= 15 is 0 Å². The molecule has 32 heavy (non-hydrogen) atoms. The average molecular weight is 480 g/mol. The van der Waals surface area contributed by atoms with Crippen molar-refractivity contribution in [2.75, 3.05) is 48.5 Å². The second kappa shape index (κ2) is 22.9. The number of halogens is 1. The van der Waals surface area contributed by atoms with Crippen LogP contribution in [0.5, 0.6) is 0 Å². The number of hydrogen-bond acceptors (Lipinski definition) is 3. The number of rotatable bonds is 24. The van der Waals surface area contributed by atoms with Crippen molar-refractivity contribution in [1.82, 2.24) is 0 Å². The molecule has 0 aromatic heterocycles. The SMILES string of the molecule is CCCCCCCCCCCCCCCCCC[N+](C)(C)CCCC(OC)(OC)OC.[Cl-]. The first-order valence-electron chi connectivity index (χ1n) is 13.4. The van der Waals surface area contributed by atoms with Gasteiger partial charge in [-0.2, -0.15) is 0 Å². The Hall–Kier alpha value is 0.130. The van der Waals surface area contributed by atoms with E-state index in [0.29, 0.717) is 0 Å². The zero-order chi connectivity index (χ0) is 23.3. The Bertz CT molecular complexity index is 368. The topological polar surface area (TPSA) is 27.7 Å². The van der Waals surface area contributed by atoms with Gasteiger partial charge in [0.1, 0.15) is 0 Å². The molecule has 0 N–H and O–H groups in total. The second-order valence-electron chi connectivity index (χ2n) is 10.1. The molecule has 4 nitrogen and oxygen atoms in total. The molecule has 0 fully saturated rings. The molecule has 0 heterocycles. The summed E-state index contributed by atoms with van der Waals surface area (Å²) in [7, 11) is 9.59. The summed E-state index contributed by atoms with van der Waals surface area (Å²) in [6.07, 6.45) is 24.6. The largest absolute Gasteiger partial charge is 1.00 e. The van der Waals surface area contributed by atoms with Crippen molar-refractivity contribution >= 4 is 0 Å². The summed E-state index contributed by atoms with van der Waals surface area (Å²) in [5.41, 5.74) is 0. The van der Waals surface area contributed by atoms with Crippen LogP contribution in [0, 0.1) is 0 Å². The number of ether oxygens (including phenoxy) is 3. The van der Waals surface area contributed by atoms with E-state index in [9.17, 15) is 0 Å². The van der Waals surface area contributed by atoms with Crippen LogP contribution in [-0.4, -0.2) is 59.0 Å². The van der Waals surface area contributed by atoms with E-state index in [1.54, 1.807) is 21.3 Å². The Kier molecular flexibility index (Phi) is 24.5. The van der Waals surface area contributed by atoms with Gasteiger partial charge in [0.05, 0.1) is 27.2 Å². The first-order chi connectivity index (χ1) is 14.9. The number of nitrogens with zero attached hydrogens (tertiary/aromatic N) is 1. The predicted octanol–water partition coefficient (Wildman–Crippen LogP) is 4.70. The number of unbranched alkanes of at least 4 members (excludes halogenated alkanes) is 15. The lowest BCUT2D eigenvalue weighted by molar-refractivity contribution is -0.891. The van der Waals surface area contributed by atoms with Crippen molar-refractivity contribution in [2.45, 2.75) is 128 Å². The van der Waals surface area contributed by atoms with Crippen LogP contribution in [-0.2, 0) is 14.2 Å². The van der Waals surface area contributed by atoms with Crippen molar-refractivity contribution in [3.05, 3.63) is 0 Å². The molecule has 0 aliphatic rings. The monoisotopic (exact) mass is 479 g/mol. The fourth-order valence-electron chi connectivity index (χ4n) is 4.48. The molecule has 0 spiro atoms. The molecule has 0 rings (SSSR count). The number of quaternary nitrogens is 1. The molecule has 0 aromatic rings. The van der Waals surface area contributed by atoms with E-state index in [-0.39, 0.29) is 12.4 Å². The summed E-state index contributed by atoms with van der Waals surface area (Å²) in [6.45, 7) is 4.66. The number of hydrogen-bond donors (Lipinski definition) is 0. The minimum atomic E-state index is -0.881. The van der Waals surface area contributed by atoms with Crippen molar-refractivity contribution in [1.29, 1.82) is 0 Å². The normalized spacial score (nSPS) is 12.2. The summed E-state index contributed by atoms with van der Waals surface area (Å²) in [6, 6.07) is 0. The lowest BCUT2D eigenvalue weighted by Crippen LogP contribution is -3.00. The highest BCUT2D eigenvalue weighted by Gasteiger charge is 2.30. The maximum absolute atomic E-state index is 5.39. The summed E-state index contributed by atoms with van der Waals surface area (Å²) < 4.78 is 17.2. The van der Waals surface area contributed by atoms with Gasteiger partial charge in [0.25, 0.3) is 5.97 Å². The molecular formula is C27H58ClNO3. The molecule has 0 saturated carbocycles. The van der Waals surface area contributed by atoms with Crippen molar-refractivity contribution in [3.63, 3.8) is 0 Å². The Balaban J connectivity index is 0. The molecule has 0 aliphatic carbocycles. The van der Waals surface area contributed by atoms with Crippen LogP contribution in [0.25, 0.3) is 0 Å². The van der Waals surface area contributed by atoms with E-state index in [0.717, 1.165) is 23.9 Å². The van der Waals surface area contributed by atoms with Crippen molar-refractivity contribution in [3.8, 4) is 0 Å². The second-order valence-corrected chi connectivity index (χ2v) is 10.1. The average Bonchev–Trinajstić information content (AvgIpc) is 2.76. The van der Waals surface area contributed by atoms with E-state index in [4.69, 9.17) is 14.2 Å². The maximum atomic E-state index is 5.39. The van der Waals surface area contributed by atoms with Gasteiger partial charge in [0, 0.05) is 34.2 Å². The molecule has 0 saturated heterocycles. The minimum absolute atomic E-state index is 0. The third-order valence-electron chi connectivity index (χ3n) is 6.80. The van der Waals surface area contributed by atoms with Gasteiger partial charge < -0.3 is 31.1 Å². The molecular weight excluding hydrogens is 422 g/mol. The van der Waals surface area contributed by atoms with Gasteiger partial charge in [0.15, 0.2) is 0 Å². The van der Waals surface area contributed by atoms with Gasteiger partial charge in [0.2, 0.25) is 0 Å². The molecule has 0 aromatic carbocycles. The first-order valence-corrected chi connectivity index (χ1v) is 13.4. The third-order valence-corrected chi connectivity index (χ3v) is 6.80. The summed E-state index contributed by atoms with van der Waals surface area (Å²) in [5, 5.41) is 0. The molecule has 0 aliphatic heterocycles. The van der Waals surface area contributed by atoms with E-state index in [2.05, 4.69) is 21.0 Å². The molecule has 0 amide bonds. The highest BCUT2D eigenvalue weighted by Crippen LogP contribution is 2.20. The van der Waals surface area contributed by atoms with Crippen LogP contribution < -0.4 is 12.4 Å². The van der Waals surface area contributed by atoms with Crippen LogP contribution in [0.4, 0.5) is 0 Å². The standard InChI is InChI=1S/C27H58NO3.ClH/c1-7-8-9-10-11-12-13-14-15-16-17-18-19-20-21-22-25-28(2,3)26-23-24-27(29-4,30-5)31-6;/h7-26H2,1-6H3;1H/q+1;/p-1. The fraction of sp³-hybridized carbons (Fsp3) is 1.00. The van der Waals surface area contributed by atoms with Gasteiger partial charge in [-0.25, -0.2) is 0 Å². The molecule has 5 heteroatoms. The van der Waals surface area contributed by atoms with Gasteiger partial charge in [-0.3, -0.25) is 0 Å². The molecule has 0 radical (unpaired) electrons. The van der Waals surface area contributed by atoms with Crippen LogP contribution in [0.3, 0.4) is 0 Å². The van der Waals surface area contributed by atoms with Crippen LogP contribution >= 0.6 is 0 Å². The molecule has 0 bridgehead atoms. The molecule has 196 valence electrons. The Morgan fingerprint density at radius 1 is 0.500 bits per heavy atom. The van der Waals surface area contributed by atoms with Gasteiger partial charge >= 0.3 is 0 Å². The van der Waals surface area contributed by atoms with Crippen LogP contribution in [0.1, 0.15) is 122 Å². The predicted molar refractivity (Wildman–Crippen MR) is 134 cm³/mol. The van der Waals surface area contributed by atoms with E-state index < -0.39 is 5.97 Å². The minimum Gasteiger partial charge on any atom is -1.00 e.